The molecule has 1 atom stereocenters. The lowest BCUT2D eigenvalue weighted by molar-refractivity contribution is -0.140. The zero-order valence-electron chi connectivity index (χ0n) is 8.66. The van der Waals surface area contributed by atoms with Gasteiger partial charge in [0.2, 0.25) is 0 Å². The molecule has 2 heterocycles. The van der Waals surface area contributed by atoms with Crippen LogP contribution in [0.25, 0.3) is 0 Å². The fourth-order valence-corrected chi connectivity index (χ4v) is 1.35. The Morgan fingerprint density at radius 1 is 1.29 bits per heavy atom. The van der Waals surface area contributed by atoms with Gasteiger partial charge in [-0.3, -0.25) is 0 Å². The first-order valence-electron chi connectivity index (χ1n) is 5.13. The van der Waals surface area contributed by atoms with Crippen LogP contribution in [0.3, 0.4) is 0 Å². The average molecular weight is 202 g/mol. The smallest absolute Gasteiger partial charge is 0.104 e. The van der Waals surface area contributed by atoms with Gasteiger partial charge in [0, 0.05) is 5.41 Å². The molecule has 4 nitrogen and oxygen atoms in total. The predicted octanol–water partition coefficient (Wildman–Crippen LogP) is 0.455. The average Bonchev–Trinajstić information content (AvgIpc) is 2.91. The molecule has 1 unspecified atom stereocenters. The molecule has 14 heavy (non-hydrogen) atoms. The molecule has 0 N–H and O–H groups in total. The summed E-state index contributed by atoms with van der Waals surface area (Å²) in [5, 5.41) is 0. The van der Waals surface area contributed by atoms with Crippen molar-refractivity contribution in [2.45, 2.75) is 13.0 Å². The SMILES string of the molecule is CC1(COCCOCC2CO2)COC1. The highest BCUT2D eigenvalue weighted by Crippen LogP contribution is 2.26. The van der Waals surface area contributed by atoms with E-state index in [0.717, 1.165) is 26.4 Å². The van der Waals surface area contributed by atoms with E-state index in [1.54, 1.807) is 0 Å². The van der Waals surface area contributed by atoms with E-state index in [0.29, 0.717) is 25.9 Å². The summed E-state index contributed by atoms with van der Waals surface area (Å²) in [6, 6.07) is 0. The third-order valence-electron chi connectivity index (χ3n) is 2.43. The molecule has 0 amide bonds. The summed E-state index contributed by atoms with van der Waals surface area (Å²) in [7, 11) is 0. The van der Waals surface area contributed by atoms with Gasteiger partial charge in [0.1, 0.15) is 6.10 Å². The molecule has 4 heteroatoms. The monoisotopic (exact) mass is 202 g/mol. The molecular weight excluding hydrogens is 184 g/mol. The molecule has 2 rings (SSSR count). The molecule has 82 valence electrons. The van der Waals surface area contributed by atoms with E-state index in [-0.39, 0.29) is 5.41 Å². The maximum absolute atomic E-state index is 5.50. The van der Waals surface area contributed by atoms with Crippen LogP contribution in [0.5, 0.6) is 0 Å². The first-order chi connectivity index (χ1) is 6.79. The van der Waals surface area contributed by atoms with Crippen LogP contribution in [-0.2, 0) is 18.9 Å². The molecule has 0 bridgehead atoms. The Morgan fingerprint density at radius 2 is 2.00 bits per heavy atom. The molecule has 2 aliphatic heterocycles. The van der Waals surface area contributed by atoms with Crippen molar-refractivity contribution in [3.8, 4) is 0 Å². The Morgan fingerprint density at radius 3 is 2.57 bits per heavy atom. The Hall–Kier alpha value is -0.160. The molecule has 0 aliphatic carbocycles. The summed E-state index contributed by atoms with van der Waals surface area (Å²) in [6.45, 7) is 7.50. The normalized spacial score (nSPS) is 28.5. The minimum Gasteiger partial charge on any atom is -0.380 e. The van der Waals surface area contributed by atoms with Crippen LogP contribution in [0.1, 0.15) is 6.92 Å². The van der Waals surface area contributed by atoms with Crippen molar-refractivity contribution in [1.29, 1.82) is 0 Å². The second-order valence-electron chi connectivity index (χ2n) is 4.39. The molecule has 0 aromatic carbocycles. The molecule has 0 radical (unpaired) electrons. The van der Waals surface area contributed by atoms with Crippen molar-refractivity contribution in [3.63, 3.8) is 0 Å². The van der Waals surface area contributed by atoms with Gasteiger partial charge in [0.25, 0.3) is 0 Å². The molecule has 0 saturated carbocycles. The van der Waals surface area contributed by atoms with E-state index in [1.165, 1.54) is 0 Å². The zero-order chi connectivity index (χ0) is 9.86. The van der Waals surface area contributed by atoms with Gasteiger partial charge in [-0.1, -0.05) is 6.92 Å². The van der Waals surface area contributed by atoms with Crippen LogP contribution in [0.4, 0.5) is 0 Å². The van der Waals surface area contributed by atoms with Crippen molar-refractivity contribution in [3.05, 3.63) is 0 Å². The zero-order valence-corrected chi connectivity index (χ0v) is 8.66. The fourth-order valence-electron chi connectivity index (χ4n) is 1.35. The van der Waals surface area contributed by atoms with E-state index in [9.17, 15) is 0 Å². The van der Waals surface area contributed by atoms with E-state index in [2.05, 4.69) is 6.92 Å². The van der Waals surface area contributed by atoms with Gasteiger partial charge >= 0.3 is 0 Å². The van der Waals surface area contributed by atoms with Gasteiger partial charge in [-0.05, 0) is 0 Å². The van der Waals surface area contributed by atoms with Crippen LogP contribution < -0.4 is 0 Å². The molecule has 2 fully saturated rings. The second kappa shape index (κ2) is 4.57. The Kier molecular flexibility index (Phi) is 3.38. The summed E-state index contributed by atoms with van der Waals surface area (Å²) in [4.78, 5) is 0. The number of rotatable bonds is 7. The number of hydrogen-bond acceptors (Lipinski definition) is 4. The Bertz CT molecular complexity index is 175. The topological polar surface area (TPSA) is 40.2 Å². The van der Waals surface area contributed by atoms with Crippen LogP contribution in [0, 0.1) is 5.41 Å². The van der Waals surface area contributed by atoms with Crippen LogP contribution >= 0.6 is 0 Å². The highest BCUT2D eigenvalue weighted by atomic mass is 16.6. The lowest BCUT2D eigenvalue weighted by Crippen LogP contribution is -2.43. The van der Waals surface area contributed by atoms with Gasteiger partial charge in [-0.15, -0.1) is 0 Å². The maximum atomic E-state index is 5.50. The molecule has 2 aliphatic rings. The number of hydrogen-bond donors (Lipinski definition) is 0. The summed E-state index contributed by atoms with van der Waals surface area (Å²) in [6.07, 6.45) is 0.354. The molecule has 2 saturated heterocycles. The predicted molar refractivity (Wildman–Crippen MR) is 50.3 cm³/mol. The van der Waals surface area contributed by atoms with Crippen molar-refractivity contribution in [1.82, 2.24) is 0 Å². The highest BCUT2D eigenvalue weighted by molar-refractivity contribution is 4.80. The van der Waals surface area contributed by atoms with E-state index in [1.807, 2.05) is 0 Å². The lowest BCUT2D eigenvalue weighted by Gasteiger charge is -2.37. The first kappa shape index (κ1) is 10.4. The molecule has 0 aromatic heterocycles. The van der Waals surface area contributed by atoms with Crippen molar-refractivity contribution < 1.29 is 18.9 Å². The quantitative estimate of drug-likeness (QED) is 0.444. The van der Waals surface area contributed by atoms with E-state index >= 15 is 0 Å². The third-order valence-corrected chi connectivity index (χ3v) is 2.43. The van der Waals surface area contributed by atoms with Crippen molar-refractivity contribution in [2.75, 3.05) is 46.2 Å². The van der Waals surface area contributed by atoms with Gasteiger partial charge in [0.15, 0.2) is 0 Å². The standard InChI is InChI=1S/C10H18O4/c1-10(7-13-8-10)6-12-3-2-11-4-9-5-14-9/h9H,2-8H2,1H3. The van der Waals surface area contributed by atoms with Gasteiger partial charge < -0.3 is 18.9 Å². The van der Waals surface area contributed by atoms with Crippen molar-refractivity contribution >= 4 is 0 Å². The number of epoxide rings is 1. The lowest BCUT2D eigenvalue weighted by atomic mass is 9.90. The highest BCUT2D eigenvalue weighted by Gasteiger charge is 2.33. The Balaban J connectivity index is 1.39. The van der Waals surface area contributed by atoms with Crippen LogP contribution in [0.2, 0.25) is 0 Å². The first-order valence-corrected chi connectivity index (χ1v) is 5.13. The third kappa shape index (κ3) is 3.20. The summed E-state index contributed by atoms with van der Waals surface area (Å²) >= 11 is 0. The molecule has 0 spiro atoms. The number of ether oxygens (including phenoxy) is 4. The minimum absolute atomic E-state index is 0.250. The fraction of sp³-hybridized carbons (Fsp3) is 1.00. The second-order valence-corrected chi connectivity index (χ2v) is 4.39. The largest absolute Gasteiger partial charge is 0.380 e. The van der Waals surface area contributed by atoms with Crippen LogP contribution in [-0.4, -0.2) is 52.4 Å². The Labute approximate surface area is 84.5 Å². The van der Waals surface area contributed by atoms with Crippen molar-refractivity contribution in [2.24, 2.45) is 5.41 Å². The summed E-state index contributed by atoms with van der Waals surface area (Å²) < 4.78 is 21.0. The van der Waals surface area contributed by atoms with Gasteiger partial charge in [-0.25, -0.2) is 0 Å². The van der Waals surface area contributed by atoms with Gasteiger partial charge in [-0.2, -0.15) is 0 Å². The summed E-state index contributed by atoms with van der Waals surface area (Å²) in [5.74, 6) is 0. The molecular formula is C10H18O4. The van der Waals surface area contributed by atoms with E-state index in [4.69, 9.17) is 18.9 Å². The van der Waals surface area contributed by atoms with Gasteiger partial charge in [0.05, 0.1) is 46.2 Å². The van der Waals surface area contributed by atoms with Crippen LogP contribution in [0.15, 0.2) is 0 Å². The van der Waals surface area contributed by atoms with E-state index < -0.39 is 0 Å². The molecule has 0 aromatic rings. The summed E-state index contributed by atoms with van der Waals surface area (Å²) in [5.41, 5.74) is 0.250. The maximum Gasteiger partial charge on any atom is 0.104 e. The minimum atomic E-state index is 0.250.